The summed E-state index contributed by atoms with van der Waals surface area (Å²) < 4.78 is 0. The largest absolute Gasteiger partial charge is 0.354 e. The van der Waals surface area contributed by atoms with Gasteiger partial charge in [0.1, 0.15) is 11.0 Å². The van der Waals surface area contributed by atoms with E-state index in [1.54, 1.807) is 6.07 Å². The van der Waals surface area contributed by atoms with Crippen LogP contribution in [0.1, 0.15) is 6.92 Å². The second-order valence-electron chi connectivity index (χ2n) is 3.62. The first-order valence-corrected chi connectivity index (χ1v) is 5.24. The number of pyridine rings is 1. The van der Waals surface area contributed by atoms with Crippen molar-refractivity contribution in [1.82, 2.24) is 10.3 Å². The van der Waals surface area contributed by atoms with E-state index in [4.69, 9.17) is 11.6 Å². The number of halogens is 1. The van der Waals surface area contributed by atoms with Crippen LogP contribution in [-0.2, 0) is 0 Å². The molecule has 0 amide bonds. The van der Waals surface area contributed by atoms with Gasteiger partial charge in [-0.3, -0.25) is 0 Å². The van der Waals surface area contributed by atoms with Crippen LogP contribution >= 0.6 is 11.6 Å². The minimum Gasteiger partial charge on any atom is -0.354 e. The molecule has 1 aliphatic heterocycles. The van der Waals surface area contributed by atoms with Gasteiger partial charge in [-0.15, -0.1) is 0 Å². The number of rotatable bonds is 1. The summed E-state index contributed by atoms with van der Waals surface area (Å²) in [5.41, 5.74) is 0. The van der Waals surface area contributed by atoms with Gasteiger partial charge in [0.2, 0.25) is 0 Å². The summed E-state index contributed by atoms with van der Waals surface area (Å²) in [5.74, 6) is 0.978. The Hall–Kier alpha value is -0.800. The maximum atomic E-state index is 5.85. The zero-order valence-corrected chi connectivity index (χ0v) is 8.96. The van der Waals surface area contributed by atoms with Gasteiger partial charge in [-0.2, -0.15) is 0 Å². The highest BCUT2D eigenvalue weighted by molar-refractivity contribution is 6.29. The molecule has 0 radical (unpaired) electrons. The molecule has 1 N–H and O–H groups in total. The molecule has 0 aliphatic carbocycles. The molecule has 1 saturated heterocycles. The smallest absolute Gasteiger partial charge is 0.131 e. The number of hydrogen-bond acceptors (Lipinski definition) is 3. The van der Waals surface area contributed by atoms with E-state index < -0.39 is 0 Å². The van der Waals surface area contributed by atoms with E-state index in [2.05, 4.69) is 22.1 Å². The molecule has 0 spiro atoms. The first-order valence-electron chi connectivity index (χ1n) is 4.86. The fourth-order valence-corrected chi connectivity index (χ4v) is 1.87. The maximum absolute atomic E-state index is 5.85. The van der Waals surface area contributed by atoms with E-state index in [1.165, 1.54) is 0 Å². The van der Waals surface area contributed by atoms with Crippen molar-refractivity contribution >= 4 is 17.4 Å². The van der Waals surface area contributed by atoms with Crippen LogP contribution < -0.4 is 10.2 Å². The van der Waals surface area contributed by atoms with Gasteiger partial charge in [-0.25, -0.2) is 4.98 Å². The summed E-state index contributed by atoms with van der Waals surface area (Å²) in [7, 11) is 0. The quantitative estimate of drug-likeness (QED) is 0.715. The normalized spacial score (nSPS) is 22.4. The molecule has 1 fully saturated rings. The zero-order chi connectivity index (χ0) is 9.97. The van der Waals surface area contributed by atoms with E-state index in [9.17, 15) is 0 Å². The SMILES string of the molecule is CC1CN(c2cccc(Cl)n2)CCN1. The van der Waals surface area contributed by atoms with Crippen molar-refractivity contribution in [3.05, 3.63) is 23.4 Å². The fraction of sp³-hybridized carbons (Fsp3) is 0.500. The van der Waals surface area contributed by atoms with Crippen molar-refractivity contribution in [2.24, 2.45) is 0 Å². The lowest BCUT2D eigenvalue weighted by Gasteiger charge is -2.32. The molecule has 1 aromatic heterocycles. The lowest BCUT2D eigenvalue weighted by atomic mass is 10.2. The Bertz CT molecular complexity index is 316. The summed E-state index contributed by atoms with van der Waals surface area (Å²) in [5, 5.41) is 3.96. The van der Waals surface area contributed by atoms with Gasteiger partial charge in [0, 0.05) is 25.7 Å². The first-order chi connectivity index (χ1) is 6.75. The topological polar surface area (TPSA) is 28.2 Å². The second kappa shape index (κ2) is 4.15. The van der Waals surface area contributed by atoms with Crippen LogP contribution in [0.2, 0.25) is 5.15 Å². The molecule has 1 unspecified atom stereocenters. The Kier molecular flexibility index (Phi) is 2.89. The van der Waals surface area contributed by atoms with Gasteiger partial charge in [0.05, 0.1) is 0 Å². The average molecular weight is 212 g/mol. The summed E-state index contributed by atoms with van der Waals surface area (Å²) >= 11 is 5.85. The highest BCUT2D eigenvalue weighted by Gasteiger charge is 2.16. The van der Waals surface area contributed by atoms with Crippen LogP contribution in [0.25, 0.3) is 0 Å². The molecule has 2 heterocycles. The Morgan fingerprint density at radius 1 is 1.57 bits per heavy atom. The van der Waals surface area contributed by atoms with Crippen molar-refractivity contribution < 1.29 is 0 Å². The molecule has 2 rings (SSSR count). The van der Waals surface area contributed by atoms with Crippen molar-refractivity contribution in [2.45, 2.75) is 13.0 Å². The van der Waals surface area contributed by atoms with Gasteiger partial charge < -0.3 is 10.2 Å². The van der Waals surface area contributed by atoms with Crippen molar-refractivity contribution in [1.29, 1.82) is 0 Å². The molecule has 14 heavy (non-hydrogen) atoms. The predicted octanol–water partition coefficient (Wildman–Crippen LogP) is 1.53. The van der Waals surface area contributed by atoms with Gasteiger partial charge >= 0.3 is 0 Å². The predicted molar refractivity (Wildman–Crippen MR) is 58.9 cm³/mol. The molecule has 4 heteroatoms. The summed E-state index contributed by atoms with van der Waals surface area (Å²) in [4.78, 5) is 6.55. The van der Waals surface area contributed by atoms with Crippen LogP contribution in [0.5, 0.6) is 0 Å². The van der Waals surface area contributed by atoms with Gasteiger partial charge in [-0.05, 0) is 19.1 Å². The lowest BCUT2D eigenvalue weighted by Crippen LogP contribution is -2.49. The third kappa shape index (κ3) is 2.16. The van der Waals surface area contributed by atoms with Crippen LogP contribution in [0, 0.1) is 0 Å². The Balaban J connectivity index is 2.14. The standard InChI is InChI=1S/C10H14ClN3/c1-8-7-14(6-5-12-8)10-4-2-3-9(11)13-10/h2-4,8,12H,5-7H2,1H3. The third-order valence-corrected chi connectivity index (χ3v) is 2.60. The van der Waals surface area contributed by atoms with Gasteiger partial charge in [-0.1, -0.05) is 17.7 Å². The van der Waals surface area contributed by atoms with Crippen molar-refractivity contribution in [3.63, 3.8) is 0 Å². The minimum absolute atomic E-state index is 0.518. The highest BCUT2D eigenvalue weighted by Crippen LogP contribution is 2.15. The number of aromatic nitrogens is 1. The maximum Gasteiger partial charge on any atom is 0.131 e. The van der Waals surface area contributed by atoms with Crippen LogP contribution in [0.4, 0.5) is 5.82 Å². The lowest BCUT2D eigenvalue weighted by molar-refractivity contribution is 0.482. The fourth-order valence-electron chi connectivity index (χ4n) is 1.71. The number of nitrogens with zero attached hydrogens (tertiary/aromatic N) is 2. The van der Waals surface area contributed by atoms with Gasteiger partial charge in [0.25, 0.3) is 0 Å². The molecular formula is C10H14ClN3. The monoisotopic (exact) mass is 211 g/mol. The average Bonchev–Trinajstić information content (AvgIpc) is 2.18. The van der Waals surface area contributed by atoms with Crippen LogP contribution in [-0.4, -0.2) is 30.7 Å². The minimum atomic E-state index is 0.518. The number of nitrogens with one attached hydrogen (secondary N) is 1. The Morgan fingerprint density at radius 3 is 3.14 bits per heavy atom. The third-order valence-electron chi connectivity index (χ3n) is 2.39. The molecule has 76 valence electrons. The summed E-state index contributed by atoms with van der Waals surface area (Å²) in [6.45, 7) is 5.18. The van der Waals surface area contributed by atoms with Crippen LogP contribution in [0.15, 0.2) is 18.2 Å². The first kappa shape index (κ1) is 9.74. The number of piperazine rings is 1. The molecule has 3 nitrogen and oxygen atoms in total. The molecular weight excluding hydrogens is 198 g/mol. The molecule has 1 aromatic rings. The summed E-state index contributed by atoms with van der Waals surface area (Å²) in [6.07, 6.45) is 0. The Morgan fingerprint density at radius 2 is 2.43 bits per heavy atom. The van der Waals surface area contributed by atoms with E-state index in [0.717, 1.165) is 25.5 Å². The van der Waals surface area contributed by atoms with E-state index in [1.807, 2.05) is 12.1 Å². The zero-order valence-electron chi connectivity index (χ0n) is 8.20. The molecule has 0 saturated carbocycles. The van der Waals surface area contributed by atoms with Crippen molar-refractivity contribution in [3.8, 4) is 0 Å². The van der Waals surface area contributed by atoms with Crippen molar-refractivity contribution in [2.75, 3.05) is 24.5 Å². The molecule has 1 aliphatic rings. The highest BCUT2D eigenvalue weighted by atomic mass is 35.5. The van der Waals surface area contributed by atoms with Crippen LogP contribution in [0.3, 0.4) is 0 Å². The van der Waals surface area contributed by atoms with E-state index in [0.29, 0.717) is 11.2 Å². The van der Waals surface area contributed by atoms with E-state index in [-0.39, 0.29) is 0 Å². The second-order valence-corrected chi connectivity index (χ2v) is 4.01. The van der Waals surface area contributed by atoms with E-state index >= 15 is 0 Å². The number of anilines is 1. The molecule has 0 aromatic carbocycles. The Labute approximate surface area is 89.1 Å². The molecule has 1 atom stereocenters. The summed E-state index contributed by atoms with van der Waals surface area (Å²) in [6, 6.07) is 6.27. The molecule has 0 bridgehead atoms. The number of hydrogen-bond donors (Lipinski definition) is 1. The van der Waals surface area contributed by atoms with Gasteiger partial charge in [0.15, 0.2) is 0 Å².